The van der Waals surface area contributed by atoms with Crippen LogP contribution >= 0.6 is 0 Å². The number of hydrogen-bond acceptors (Lipinski definition) is 1. The monoisotopic (exact) mass is 449 g/mol. The topological polar surface area (TPSA) is 12.9 Å². The highest BCUT2D eigenvalue weighted by Crippen LogP contribution is 2.28. The second-order valence-corrected chi connectivity index (χ2v) is 8.07. The molecule has 1 nitrogen and oxygen atoms in total. The van der Waals surface area contributed by atoms with Crippen molar-refractivity contribution in [3.05, 3.63) is 112 Å². The van der Waals surface area contributed by atoms with Gasteiger partial charge in [-0.25, -0.2) is 17.6 Å². The van der Waals surface area contributed by atoms with Gasteiger partial charge in [-0.2, -0.15) is 0 Å². The van der Waals surface area contributed by atoms with E-state index in [2.05, 4.69) is 4.98 Å². The zero-order valence-corrected chi connectivity index (χ0v) is 18.4. The first-order valence-electron chi connectivity index (χ1n) is 10.8. The van der Waals surface area contributed by atoms with Gasteiger partial charge in [0.05, 0.1) is 5.69 Å². The van der Waals surface area contributed by atoms with Crippen LogP contribution in [0.1, 0.15) is 29.2 Å². The van der Waals surface area contributed by atoms with Crippen LogP contribution in [0.5, 0.6) is 0 Å². The molecule has 4 aromatic rings. The first kappa shape index (κ1) is 22.7. The minimum absolute atomic E-state index is 0.129. The summed E-state index contributed by atoms with van der Waals surface area (Å²) in [6, 6.07) is 16.8. The number of halogens is 4. The van der Waals surface area contributed by atoms with E-state index in [9.17, 15) is 17.6 Å². The molecule has 0 aliphatic heterocycles. The van der Waals surface area contributed by atoms with E-state index in [0.717, 1.165) is 11.1 Å². The minimum Gasteiger partial charge on any atom is -0.256 e. The fourth-order valence-corrected chi connectivity index (χ4v) is 3.82. The summed E-state index contributed by atoms with van der Waals surface area (Å²) in [5.41, 5.74) is 3.71. The summed E-state index contributed by atoms with van der Waals surface area (Å²) >= 11 is 0. The first-order valence-corrected chi connectivity index (χ1v) is 10.8. The molecular formula is C28H23F4N. The van der Waals surface area contributed by atoms with Gasteiger partial charge in [-0.3, -0.25) is 4.98 Å². The lowest BCUT2D eigenvalue weighted by Gasteiger charge is -2.10. The van der Waals surface area contributed by atoms with Gasteiger partial charge in [0.1, 0.15) is 0 Å². The highest BCUT2D eigenvalue weighted by atomic mass is 19.2. The van der Waals surface area contributed by atoms with Crippen LogP contribution in [0.2, 0.25) is 0 Å². The van der Waals surface area contributed by atoms with Crippen molar-refractivity contribution in [2.75, 3.05) is 0 Å². The van der Waals surface area contributed by atoms with Crippen molar-refractivity contribution < 1.29 is 17.6 Å². The van der Waals surface area contributed by atoms with E-state index < -0.39 is 23.3 Å². The lowest BCUT2D eigenvalue weighted by Crippen LogP contribution is -2.00. The van der Waals surface area contributed by atoms with E-state index in [0.29, 0.717) is 36.1 Å². The van der Waals surface area contributed by atoms with Crippen LogP contribution in [0.25, 0.3) is 22.4 Å². The van der Waals surface area contributed by atoms with Crippen molar-refractivity contribution in [3.63, 3.8) is 0 Å². The minimum atomic E-state index is -0.910. The third-order valence-electron chi connectivity index (χ3n) is 5.84. The van der Waals surface area contributed by atoms with E-state index in [1.54, 1.807) is 73.8 Å². The Hall–Kier alpha value is -3.47. The van der Waals surface area contributed by atoms with Gasteiger partial charge in [0.15, 0.2) is 23.3 Å². The van der Waals surface area contributed by atoms with Crippen molar-refractivity contribution in [3.8, 4) is 22.4 Å². The van der Waals surface area contributed by atoms with Crippen molar-refractivity contribution >= 4 is 0 Å². The van der Waals surface area contributed by atoms with Gasteiger partial charge >= 0.3 is 0 Å². The van der Waals surface area contributed by atoms with Gasteiger partial charge in [-0.1, -0.05) is 55.5 Å². The Morgan fingerprint density at radius 3 is 1.94 bits per heavy atom. The van der Waals surface area contributed by atoms with Crippen LogP contribution in [0.3, 0.4) is 0 Å². The number of pyridine rings is 1. The van der Waals surface area contributed by atoms with Crippen LogP contribution in [0, 0.1) is 30.2 Å². The van der Waals surface area contributed by atoms with Gasteiger partial charge in [-0.05, 0) is 66.1 Å². The average molecular weight is 449 g/mol. The molecule has 0 spiro atoms. The van der Waals surface area contributed by atoms with E-state index in [1.165, 1.54) is 0 Å². The van der Waals surface area contributed by atoms with Gasteiger partial charge in [0.2, 0.25) is 0 Å². The third-order valence-corrected chi connectivity index (χ3v) is 5.84. The number of nitrogens with zero attached hydrogens (tertiary/aromatic N) is 1. The molecule has 0 saturated heterocycles. The Bertz CT molecular complexity index is 1280. The lowest BCUT2D eigenvalue weighted by atomic mass is 9.97. The molecule has 168 valence electrons. The molecule has 0 bridgehead atoms. The average Bonchev–Trinajstić information content (AvgIpc) is 2.83. The molecule has 0 saturated carbocycles. The van der Waals surface area contributed by atoms with Gasteiger partial charge in [-0.15, -0.1) is 0 Å². The van der Waals surface area contributed by atoms with Crippen molar-refractivity contribution in [2.24, 2.45) is 0 Å². The standard InChI is InChI=1S/C28H23F4N/c1-3-19-11-13-22(27(31)25(19)29)20-8-5-18(6-9-20)7-10-21-12-14-23(28(32)26(21)30)24-15-4-17(2)16-33-24/h4-6,8-9,11-16H,3,7,10H2,1-2H3. The highest BCUT2D eigenvalue weighted by molar-refractivity contribution is 5.65. The fraction of sp³-hybridized carbons (Fsp3) is 0.179. The number of rotatable bonds is 6. The Labute approximate surface area is 190 Å². The van der Waals surface area contributed by atoms with Gasteiger partial charge < -0.3 is 0 Å². The molecule has 0 N–H and O–H groups in total. The molecule has 0 aliphatic carbocycles. The molecule has 1 heterocycles. The molecule has 1 aromatic heterocycles. The highest BCUT2D eigenvalue weighted by Gasteiger charge is 2.16. The number of aromatic nitrogens is 1. The Balaban J connectivity index is 1.49. The third kappa shape index (κ3) is 4.68. The van der Waals surface area contributed by atoms with E-state index in [1.807, 2.05) is 6.92 Å². The Kier molecular flexibility index (Phi) is 6.59. The molecule has 0 atom stereocenters. The van der Waals surface area contributed by atoms with Crippen molar-refractivity contribution in [1.29, 1.82) is 0 Å². The predicted octanol–water partition coefficient (Wildman–Crippen LogP) is 7.63. The van der Waals surface area contributed by atoms with Crippen molar-refractivity contribution in [2.45, 2.75) is 33.1 Å². The number of benzene rings is 3. The van der Waals surface area contributed by atoms with Crippen LogP contribution in [0.15, 0.2) is 66.9 Å². The van der Waals surface area contributed by atoms with E-state index >= 15 is 0 Å². The summed E-state index contributed by atoms with van der Waals surface area (Å²) in [6.07, 6.45) is 2.81. The van der Waals surface area contributed by atoms with E-state index in [4.69, 9.17) is 0 Å². The summed E-state index contributed by atoms with van der Waals surface area (Å²) in [6.45, 7) is 3.65. The quantitative estimate of drug-likeness (QED) is 0.276. The van der Waals surface area contributed by atoms with Crippen LogP contribution in [0.4, 0.5) is 17.6 Å². The van der Waals surface area contributed by atoms with Crippen LogP contribution in [-0.4, -0.2) is 4.98 Å². The molecule has 0 radical (unpaired) electrons. The number of aryl methyl sites for hydroxylation is 4. The molecule has 5 heteroatoms. The fourth-order valence-electron chi connectivity index (χ4n) is 3.82. The molecule has 4 rings (SSSR count). The maximum absolute atomic E-state index is 14.7. The normalized spacial score (nSPS) is 11.1. The lowest BCUT2D eigenvalue weighted by molar-refractivity contribution is 0.500. The zero-order chi connectivity index (χ0) is 23.5. The summed E-state index contributed by atoms with van der Waals surface area (Å²) in [5, 5.41) is 0. The summed E-state index contributed by atoms with van der Waals surface area (Å²) in [4.78, 5) is 4.17. The molecule has 0 amide bonds. The first-order chi connectivity index (χ1) is 15.9. The number of hydrogen-bond donors (Lipinski definition) is 0. The van der Waals surface area contributed by atoms with Crippen LogP contribution < -0.4 is 0 Å². The van der Waals surface area contributed by atoms with Gasteiger partial charge in [0.25, 0.3) is 0 Å². The smallest absolute Gasteiger partial charge is 0.168 e. The molecule has 0 fully saturated rings. The van der Waals surface area contributed by atoms with Gasteiger partial charge in [0, 0.05) is 17.3 Å². The molecular weight excluding hydrogens is 426 g/mol. The molecule has 3 aromatic carbocycles. The van der Waals surface area contributed by atoms with Crippen molar-refractivity contribution in [1.82, 2.24) is 4.98 Å². The maximum atomic E-state index is 14.7. The Morgan fingerprint density at radius 2 is 1.27 bits per heavy atom. The molecule has 33 heavy (non-hydrogen) atoms. The zero-order valence-electron chi connectivity index (χ0n) is 18.4. The summed E-state index contributed by atoms with van der Waals surface area (Å²) < 4.78 is 57.9. The second kappa shape index (κ2) is 9.57. The maximum Gasteiger partial charge on any atom is 0.168 e. The summed E-state index contributed by atoms with van der Waals surface area (Å²) in [7, 11) is 0. The largest absolute Gasteiger partial charge is 0.256 e. The SMILES string of the molecule is CCc1ccc(-c2ccc(CCc3ccc(-c4ccc(C)cn4)c(F)c3F)cc2)c(F)c1F. The molecule has 0 unspecified atom stereocenters. The van der Waals surface area contributed by atoms with Crippen LogP contribution in [-0.2, 0) is 19.3 Å². The molecule has 0 aliphatic rings. The summed E-state index contributed by atoms with van der Waals surface area (Å²) in [5.74, 6) is -3.46. The second-order valence-electron chi connectivity index (χ2n) is 8.07. The Morgan fingerprint density at radius 1 is 0.636 bits per heavy atom. The predicted molar refractivity (Wildman–Crippen MR) is 123 cm³/mol. The van der Waals surface area contributed by atoms with E-state index in [-0.39, 0.29) is 16.7 Å².